The number of nitrogens with zero attached hydrogens (tertiary/aromatic N) is 1. The summed E-state index contributed by atoms with van der Waals surface area (Å²) in [5.74, 6) is 0.533. The molecule has 1 fully saturated rings. The van der Waals surface area contributed by atoms with Crippen LogP contribution in [0.2, 0.25) is 0 Å². The monoisotopic (exact) mass is 233 g/mol. The topological polar surface area (TPSA) is 29.5 Å². The lowest BCUT2D eigenvalue weighted by molar-refractivity contribution is -0.127. The predicted molar refractivity (Wildman–Crippen MR) is 61.1 cm³/mol. The quantitative estimate of drug-likeness (QED) is 0.693. The van der Waals surface area contributed by atoms with Crippen LogP contribution in [0.3, 0.4) is 0 Å². The highest BCUT2D eigenvalue weighted by Gasteiger charge is 2.40. The summed E-state index contributed by atoms with van der Waals surface area (Å²) in [6.07, 6.45) is 0. The van der Waals surface area contributed by atoms with E-state index < -0.39 is 0 Å². The van der Waals surface area contributed by atoms with E-state index in [1.165, 1.54) is 0 Å². The first-order valence-electron chi connectivity index (χ1n) is 5.42. The Morgan fingerprint density at radius 2 is 2.27 bits per heavy atom. The summed E-state index contributed by atoms with van der Waals surface area (Å²) in [7, 11) is 0. The van der Waals surface area contributed by atoms with Gasteiger partial charge >= 0.3 is 0 Å². The van der Waals surface area contributed by atoms with Gasteiger partial charge in [-0.2, -0.15) is 0 Å². The van der Waals surface area contributed by atoms with Gasteiger partial charge in [0.25, 0.3) is 0 Å². The van der Waals surface area contributed by atoms with E-state index in [0.717, 1.165) is 26.3 Å². The number of hydrogen-bond acceptors (Lipinski definition) is 2. The molecule has 0 radical (unpaired) electrons. The highest BCUT2D eigenvalue weighted by atomic mass is 35.5. The van der Waals surface area contributed by atoms with Crippen LogP contribution in [0.5, 0.6) is 0 Å². The molecule has 0 bridgehead atoms. The van der Waals surface area contributed by atoms with E-state index in [9.17, 15) is 4.79 Å². The third-order valence-corrected chi connectivity index (χ3v) is 3.36. The molecule has 0 aliphatic carbocycles. The predicted octanol–water partition coefficient (Wildman–Crippen LogP) is 1.75. The number of alkyl halides is 1. The van der Waals surface area contributed by atoms with Gasteiger partial charge in [0.15, 0.2) is 0 Å². The maximum atomic E-state index is 11.5. The molecule has 0 aromatic carbocycles. The highest BCUT2D eigenvalue weighted by molar-refractivity contribution is 6.27. The minimum absolute atomic E-state index is 0.0312. The van der Waals surface area contributed by atoms with E-state index in [1.807, 2.05) is 11.8 Å². The van der Waals surface area contributed by atoms with Crippen molar-refractivity contribution < 1.29 is 9.53 Å². The Labute approximate surface area is 96.7 Å². The Balaban J connectivity index is 2.55. The molecule has 88 valence electrons. The zero-order valence-electron chi connectivity index (χ0n) is 9.75. The maximum absolute atomic E-state index is 11.5. The molecule has 1 amide bonds. The molecule has 1 heterocycles. The summed E-state index contributed by atoms with van der Waals surface area (Å²) in [6, 6.07) is 0. The number of amides is 1. The molecule has 1 saturated heterocycles. The van der Waals surface area contributed by atoms with Crippen LogP contribution < -0.4 is 0 Å². The first-order valence-corrected chi connectivity index (χ1v) is 5.96. The second-order valence-electron chi connectivity index (χ2n) is 4.75. The van der Waals surface area contributed by atoms with E-state index in [2.05, 4.69) is 13.8 Å². The average molecular weight is 234 g/mol. The number of likely N-dealkylation sites (tertiary alicyclic amines) is 1. The SMILES string of the molecule is CCOCC1CN(C(=O)CCl)CC1(C)C. The number of rotatable bonds is 4. The molecule has 1 rings (SSSR count). The van der Waals surface area contributed by atoms with Crippen molar-refractivity contribution >= 4 is 17.5 Å². The third kappa shape index (κ3) is 3.08. The Morgan fingerprint density at radius 1 is 1.60 bits per heavy atom. The molecule has 0 aromatic rings. The van der Waals surface area contributed by atoms with E-state index in [-0.39, 0.29) is 17.2 Å². The Kier molecular flexibility index (Phi) is 4.41. The van der Waals surface area contributed by atoms with Gasteiger partial charge in [-0.25, -0.2) is 0 Å². The lowest BCUT2D eigenvalue weighted by atomic mass is 9.83. The van der Waals surface area contributed by atoms with Crippen LogP contribution in [-0.2, 0) is 9.53 Å². The van der Waals surface area contributed by atoms with Gasteiger partial charge in [0.2, 0.25) is 5.91 Å². The van der Waals surface area contributed by atoms with Crippen molar-refractivity contribution in [3.05, 3.63) is 0 Å². The molecule has 4 heteroatoms. The normalized spacial score (nSPS) is 24.5. The number of hydrogen-bond donors (Lipinski definition) is 0. The van der Waals surface area contributed by atoms with Gasteiger partial charge in [-0.15, -0.1) is 11.6 Å². The summed E-state index contributed by atoms with van der Waals surface area (Å²) in [5, 5.41) is 0. The van der Waals surface area contributed by atoms with E-state index in [1.54, 1.807) is 0 Å². The van der Waals surface area contributed by atoms with Gasteiger partial charge in [0.05, 0.1) is 6.61 Å². The van der Waals surface area contributed by atoms with Gasteiger partial charge in [0, 0.05) is 25.6 Å². The second-order valence-corrected chi connectivity index (χ2v) is 5.02. The lowest BCUT2D eigenvalue weighted by Crippen LogP contribution is -2.30. The van der Waals surface area contributed by atoms with Gasteiger partial charge in [-0.05, 0) is 12.3 Å². The molecule has 0 N–H and O–H groups in total. The molecule has 1 aliphatic heterocycles. The Hall–Kier alpha value is -0.280. The summed E-state index contributed by atoms with van der Waals surface area (Å²) >= 11 is 5.55. The van der Waals surface area contributed by atoms with E-state index in [4.69, 9.17) is 16.3 Å². The first-order chi connectivity index (χ1) is 7.01. The Bertz CT molecular complexity index is 231. The van der Waals surface area contributed by atoms with Crippen LogP contribution in [0.25, 0.3) is 0 Å². The largest absolute Gasteiger partial charge is 0.381 e. The second kappa shape index (κ2) is 5.17. The summed E-state index contributed by atoms with van der Waals surface area (Å²) < 4.78 is 5.44. The molecule has 1 unspecified atom stereocenters. The van der Waals surface area contributed by atoms with Crippen LogP contribution in [0, 0.1) is 11.3 Å². The van der Waals surface area contributed by atoms with Crippen molar-refractivity contribution in [1.82, 2.24) is 4.90 Å². The Morgan fingerprint density at radius 3 is 2.80 bits per heavy atom. The number of carbonyl (C=O) groups is 1. The molecular weight excluding hydrogens is 214 g/mol. The van der Waals surface area contributed by atoms with Crippen molar-refractivity contribution in [2.75, 3.05) is 32.2 Å². The number of halogens is 1. The van der Waals surface area contributed by atoms with Crippen molar-refractivity contribution in [2.45, 2.75) is 20.8 Å². The number of ether oxygens (including phenoxy) is 1. The van der Waals surface area contributed by atoms with Crippen molar-refractivity contribution in [1.29, 1.82) is 0 Å². The van der Waals surface area contributed by atoms with E-state index >= 15 is 0 Å². The van der Waals surface area contributed by atoms with Gasteiger partial charge in [0.1, 0.15) is 5.88 Å². The fraction of sp³-hybridized carbons (Fsp3) is 0.909. The van der Waals surface area contributed by atoms with Gasteiger partial charge in [-0.3, -0.25) is 4.79 Å². The van der Waals surface area contributed by atoms with Crippen LogP contribution >= 0.6 is 11.6 Å². The summed E-state index contributed by atoms with van der Waals surface area (Å²) in [6.45, 7) is 9.38. The van der Waals surface area contributed by atoms with Crippen LogP contribution in [0.1, 0.15) is 20.8 Å². The minimum Gasteiger partial charge on any atom is -0.381 e. The highest BCUT2D eigenvalue weighted by Crippen LogP contribution is 2.35. The smallest absolute Gasteiger partial charge is 0.237 e. The first kappa shape index (κ1) is 12.8. The van der Waals surface area contributed by atoms with Crippen LogP contribution in [-0.4, -0.2) is 43.0 Å². The molecule has 0 saturated carbocycles. The third-order valence-electron chi connectivity index (χ3n) is 3.13. The summed E-state index contributed by atoms with van der Waals surface area (Å²) in [4.78, 5) is 13.3. The van der Waals surface area contributed by atoms with Crippen molar-refractivity contribution in [3.8, 4) is 0 Å². The minimum atomic E-state index is 0.0312. The van der Waals surface area contributed by atoms with E-state index in [0.29, 0.717) is 5.92 Å². The molecule has 3 nitrogen and oxygen atoms in total. The van der Waals surface area contributed by atoms with Crippen LogP contribution in [0.4, 0.5) is 0 Å². The number of carbonyl (C=O) groups excluding carboxylic acids is 1. The van der Waals surface area contributed by atoms with Gasteiger partial charge < -0.3 is 9.64 Å². The lowest BCUT2D eigenvalue weighted by Gasteiger charge is -2.24. The summed E-state index contributed by atoms with van der Waals surface area (Å²) in [5.41, 5.74) is 0.136. The zero-order chi connectivity index (χ0) is 11.5. The maximum Gasteiger partial charge on any atom is 0.237 e. The zero-order valence-corrected chi connectivity index (χ0v) is 10.5. The molecule has 15 heavy (non-hydrogen) atoms. The molecular formula is C11H20ClNO2. The fourth-order valence-electron chi connectivity index (χ4n) is 2.01. The average Bonchev–Trinajstić information content (AvgIpc) is 2.49. The fourth-order valence-corrected chi connectivity index (χ4v) is 2.18. The molecule has 1 atom stereocenters. The van der Waals surface area contributed by atoms with Crippen molar-refractivity contribution in [3.63, 3.8) is 0 Å². The van der Waals surface area contributed by atoms with Crippen LogP contribution in [0.15, 0.2) is 0 Å². The van der Waals surface area contributed by atoms with Gasteiger partial charge in [-0.1, -0.05) is 13.8 Å². The molecule has 0 aromatic heterocycles. The molecule has 0 spiro atoms. The standard InChI is InChI=1S/C11H20ClNO2/c1-4-15-7-9-6-13(10(14)5-12)8-11(9,2)3/h9H,4-8H2,1-3H3. The molecule has 1 aliphatic rings. The van der Waals surface area contributed by atoms with Crippen molar-refractivity contribution in [2.24, 2.45) is 11.3 Å².